The van der Waals surface area contributed by atoms with Crippen LogP contribution in [0.3, 0.4) is 0 Å². The van der Waals surface area contributed by atoms with Crippen molar-refractivity contribution in [2.45, 2.75) is 33.4 Å². The van der Waals surface area contributed by atoms with Crippen molar-refractivity contribution in [3.63, 3.8) is 0 Å². The van der Waals surface area contributed by atoms with Crippen molar-refractivity contribution in [3.8, 4) is 5.75 Å². The van der Waals surface area contributed by atoms with Crippen molar-refractivity contribution in [2.75, 3.05) is 17.3 Å². The molecule has 3 aromatic rings. The summed E-state index contributed by atoms with van der Waals surface area (Å²) >= 11 is 0. The summed E-state index contributed by atoms with van der Waals surface area (Å²) in [4.78, 5) is 19.4. The molecule has 5 nitrogen and oxygen atoms in total. The van der Waals surface area contributed by atoms with Crippen LogP contribution in [0.2, 0.25) is 0 Å². The number of nitrogens with one attached hydrogen (secondary N) is 1. The third-order valence-electron chi connectivity index (χ3n) is 4.73. The Bertz CT molecular complexity index is 971. The van der Waals surface area contributed by atoms with Gasteiger partial charge in [0.25, 0.3) is 5.91 Å². The lowest BCUT2D eigenvalue weighted by Gasteiger charge is -2.29. The molecular formula is C24H27N3O2. The smallest absolute Gasteiger partial charge is 0.274 e. The number of anilines is 2. The summed E-state index contributed by atoms with van der Waals surface area (Å²) in [6.07, 6.45) is 1.68. The molecule has 0 unspecified atom stereocenters. The molecule has 3 rings (SSSR count). The summed E-state index contributed by atoms with van der Waals surface area (Å²) in [5.74, 6) is 0.354. The molecule has 0 saturated carbocycles. The van der Waals surface area contributed by atoms with Crippen molar-refractivity contribution in [1.29, 1.82) is 0 Å². The van der Waals surface area contributed by atoms with Gasteiger partial charge in [0.15, 0.2) is 0 Å². The van der Waals surface area contributed by atoms with Gasteiger partial charge in [0.1, 0.15) is 11.4 Å². The largest absolute Gasteiger partial charge is 0.495 e. The second-order valence-corrected chi connectivity index (χ2v) is 7.26. The Labute approximate surface area is 172 Å². The Balaban J connectivity index is 1.84. The molecule has 1 heterocycles. The van der Waals surface area contributed by atoms with Gasteiger partial charge in [0.05, 0.1) is 12.8 Å². The zero-order valence-electron chi connectivity index (χ0n) is 17.3. The van der Waals surface area contributed by atoms with Crippen LogP contribution in [-0.2, 0) is 6.54 Å². The molecule has 1 N–H and O–H groups in total. The SMILES string of the molecule is COc1ccc(C)cc1NC(=O)c1cc(N(Cc2ccccc2)C(C)C)ccn1. The molecule has 2 aromatic carbocycles. The minimum Gasteiger partial charge on any atom is -0.495 e. The topological polar surface area (TPSA) is 54.5 Å². The predicted octanol–water partition coefficient (Wildman–Crippen LogP) is 5.07. The highest BCUT2D eigenvalue weighted by Crippen LogP contribution is 2.26. The first-order valence-corrected chi connectivity index (χ1v) is 9.70. The second-order valence-electron chi connectivity index (χ2n) is 7.26. The number of pyridine rings is 1. The number of rotatable bonds is 7. The Morgan fingerprint density at radius 3 is 2.55 bits per heavy atom. The average molecular weight is 389 g/mol. The number of hydrogen-bond donors (Lipinski definition) is 1. The molecule has 150 valence electrons. The molecular weight excluding hydrogens is 362 g/mol. The van der Waals surface area contributed by atoms with Gasteiger partial charge in [-0.2, -0.15) is 0 Å². The number of carbonyl (C=O) groups excluding carboxylic acids is 1. The lowest BCUT2D eigenvalue weighted by molar-refractivity contribution is 0.102. The molecule has 1 aromatic heterocycles. The lowest BCUT2D eigenvalue weighted by atomic mass is 10.1. The minimum atomic E-state index is -0.265. The highest BCUT2D eigenvalue weighted by molar-refractivity contribution is 6.04. The molecule has 29 heavy (non-hydrogen) atoms. The van der Waals surface area contributed by atoms with E-state index >= 15 is 0 Å². The maximum atomic E-state index is 12.8. The van der Waals surface area contributed by atoms with E-state index in [1.165, 1.54) is 5.56 Å². The van der Waals surface area contributed by atoms with Gasteiger partial charge in [-0.05, 0) is 56.2 Å². The fourth-order valence-corrected chi connectivity index (χ4v) is 3.18. The van der Waals surface area contributed by atoms with Crippen LogP contribution in [0.1, 0.15) is 35.5 Å². The Kier molecular flexibility index (Phi) is 6.50. The van der Waals surface area contributed by atoms with Crippen LogP contribution in [0.15, 0.2) is 66.9 Å². The number of aromatic nitrogens is 1. The highest BCUT2D eigenvalue weighted by atomic mass is 16.5. The van der Waals surface area contributed by atoms with E-state index in [9.17, 15) is 4.79 Å². The Morgan fingerprint density at radius 2 is 1.86 bits per heavy atom. The highest BCUT2D eigenvalue weighted by Gasteiger charge is 2.16. The molecule has 0 spiro atoms. The number of methoxy groups -OCH3 is 1. The van der Waals surface area contributed by atoms with E-state index in [0.717, 1.165) is 17.8 Å². The number of carbonyl (C=O) groups is 1. The summed E-state index contributed by atoms with van der Waals surface area (Å²) in [5, 5.41) is 2.92. The summed E-state index contributed by atoms with van der Waals surface area (Å²) in [6.45, 7) is 7.01. The summed E-state index contributed by atoms with van der Waals surface area (Å²) in [7, 11) is 1.59. The molecule has 0 fully saturated rings. The zero-order valence-corrected chi connectivity index (χ0v) is 17.3. The van der Waals surface area contributed by atoms with Crippen molar-refractivity contribution in [2.24, 2.45) is 0 Å². The van der Waals surface area contributed by atoms with Crippen LogP contribution < -0.4 is 15.0 Å². The van der Waals surface area contributed by atoms with Gasteiger partial charge in [0.2, 0.25) is 0 Å². The monoisotopic (exact) mass is 389 g/mol. The summed E-state index contributed by atoms with van der Waals surface area (Å²) < 4.78 is 5.35. The van der Waals surface area contributed by atoms with Gasteiger partial charge in [-0.3, -0.25) is 9.78 Å². The van der Waals surface area contributed by atoms with Gasteiger partial charge in [-0.15, -0.1) is 0 Å². The van der Waals surface area contributed by atoms with Crippen LogP contribution in [0.4, 0.5) is 11.4 Å². The number of aryl methyl sites for hydroxylation is 1. The molecule has 0 bridgehead atoms. The number of benzene rings is 2. The van der Waals surface area contributed by atoms with Crippen LogP contribution in [0.25, 0.3) is 0 Å². The summed E-state index contributed by atoms with van der Waals surface area (Å²) in [5.41, 5.74) is 4.21. The maximum Gasteiger partial charge on any atom is 0.274 e. The van der Waals surface area contributed by atoms with E-state index in [0.29, 0.717) is 17.1 Å². The van der Waals surface area contributed by atoms with Gasteiger partial charge < -0.3 is 15.0 Å². The van der Waals surface area contributed by atoms with Gasteiger partial charge in [-0.25, -0.2) is 0 Å². The number of ether oxygens (including phenoxy) is 1. The number of nitrogens with zero attached hydrogens (tertiary/aromatic N) is 2. The first-order valence-electron chi connectivity index (χ1n) is 9.70. The second kappa shape index (κ2) is 9.24. The van der Waals surface area contributed by atoms with E-state index in [1.54, 1.807) is 13.3 Å². The normalized spacial score (nSPS) is 10.7. The van der Waals surface area contributed by atoms with Crippen LogP contribution in [0, 0.1) is 6.92 Å². The number of amides is 1. The van der Waals surface area contributed by atoms with E-state index < -0.39 is 0 Å². The molecule has 0 aliphatic carbocycles. The molecule has 5 heteroatoms. The van der Waals surface area contributed by atoms with E-state index in [-0.39, 0.29) is 11.9 Å². The minimum absolute atomic E-state index is 0.265. The van der Waals surface area contributed by atoms with E-state index in [4.69, 9.17) is 4.74 Å². The van der Waals surface area contributed by atoms with Gasteiger partial charge >= 0.3 is 0 Å². The van der Waals surface area contributed by atoms with Crippen LogP contribution in [0.5, 0.6) is 5.75 Å². The first-order chi connectivity index (χ1) is 14.0. The average Bonchev–Trinajstić information content (AvgIpc) is 2.73. The quantitative estimate of drug-likeness (QED) is 0.613. The third-order valence-corrected chi connectivity index (χ3v) is 4.73. The van der Waals surface area contributed by atoms with E-state index in [2.05, 4.69) is 41.2 Å². The molecule has 0 saturated heterocycles. The maximum absolute atomic E-state index is 12.8. The fourth-order valence-electron chi connectivity index (χ4n) is 3.18. The van der Waals surface area contributed by atoms with Gasteiger partial charge in [0, 0.05) is 24.5 Å². The fraction of sp³-hybridized carbons (Fsp3) is 0.250. The Hall–Kier alpha value is -3.34. The molecule has 0 atom stereocenters. The zero-order chi connectivity index (χ0) is 20.8. The van der Waals surface area contributed by atoms with Crippen molar-refractivity contribution in [1.82, 2.24) is 4.98 Å². The van der Waals surface area contributed by atoms with Crippen molar-refractivity contribution >= 4 is 17.3 Å². The Morgan fingerprint density at radius 1 is 1.10 bits per heavy atom. The molecule has 0 radical (unpaired) electrons. The summed E-state index contributed by atoms with van der Waals surface area (Å²) in [6, 6.07) is 20.0. The van der Waals surface area contributed by atoms with E-state index in [1.807, 2.05) is 55.5 Å². The van der Waals surface area contributed by atoms with Crippen molar-refractivity contribution < 1.29 is 9.53 Å². The lowest BCUT2D eigenvalue weighted by Crippen LogP contribution is -2.30. The van der Waals surface area contributed by atoms with Crippen molar-refractivity contribution in [3.05, 3.63) is 83.7 Å². The predicted molar refractivity (Wildman–Crippen MR) is 118 cm³/mol. The van der Waals surface area contributed by atoms with Crippen LogP contribution >= 0.6 is 0 Å². The third kappa shape index (κ3) is 5.13. The molecule has 1 amide bonds. The first kappa shape index (κ1) is 20.4. The standard InChI is InChI=1S/C24H27N3O2/c1-17(2)27(16-19-8-6-5-7-9-19)20-12-13-25-22(15-20)24(28)26-21-14-18(3)10-11-23(21)29-4/h5-15,17H,16H2,1-4H3,(H,26,28). The van der Waals surface area contributed by atoms with Gasteiger partial charge in [-0.1, -0.05) is 36.4 Å². The molecule has 0 aliphatic rings. The van der Waals surface area contributed by atoms with Crippen LogP contribution in [-0.4, -0.2) is 24.0 Å². The molecule has 0 aliphatic heterocycles. The number of hydrogen-bond acceptors (Lipinski definition) is 4.